The van der Waals surface area contributed by atoms with Gasteiger partial charge in [0, 0.05) is 5.56 Å². The van der Waals surface area contributed by atoms with E-state index in [2.05, 4.69) is 31.9 Å². The van der Waals surface area contributed by atoms with Gasteiger partial charge < -0.3 is 9.47 Å². The Kier molecular flexibility index (Phi) is 2.84. The summed E-state index contributed by atoms with van der Waals surface area (Å²) in [5.74, 6) is 0.818. The lowest BCUT2D eigenvalue weighted by atomic mass is 10.1. The lowest BCUT2D eigenvalue weighted by Crippen LogP contribution is -1.93. The predicted octanol–water partition coefficient (Wildman–Crippen LogP) is 3.28. The highest BCUT2D eigenvalue weighted by Gasteiger charge is 2.28. The van der Waals surface area contributed by atoms with E-state index in [1.165, 1.54) is 0 Å². The van der Waals surface area contributed by atoms with Crippen molar-refractivity contribution >= 4 is 43.6 Å². The molecule has 1 aromatic rings. The second-order valence-corrected chi connectivity index (χ2v) is 5.54. The van der Waals surface area contributed by atoms with E-state index in [4.69, 9.17) is 9.47 Å². The number of benzene rings is 1. The molecule has 0 radical (unpaired) electrons. The van der Waals surface area contributed by atoms with Crippen LogP contribution in [-0.4, -0.2) is 13.1 Å². The van der Waals surface area contributed by atoms with E-state index in [9.17, 15) is 4.79 Å². The summed E-state index contributed by atoms with van der Waals surface area (Å²) >= 11 is 6.45. The third-order valence-corrected chi connectivity index (χ3v) is 2.78. The lowest BCUT2D eigenvalue weighted by molar-refractivity contribution is 0.0716. The number of hydrogen-bond donors (Lipinski definition) is 0. The van der Waals surface area contributed by atoms with Gasteiger partial charge in [-0.3, -0.25) is 0 Å². The van der Waals surface area contributed by atoms with Gasteiger partial charge in [-0.15, -0.1) is 0 Å². The molecule has 0 aromatic heterocycles. The Hall–Kier alpha value is -0.810. The average Bonchev–Trinajstić information content (AvgIpc) is 2.56. The van der Waals surface area contributed by atoms with Gasteiger partial charge in [-0.05, 0) is 50.1 Å². The van der Waals surface area contributed by atoms with Gasteiger partial charge in [0.15, 0.2) is 5.76 Å². The first-order valence-corrected chi connectivity index (χ1v) is 5.68. The minimum atomic E-state index is -0.348. The van der Waals surface area contributed by atoms with E-state index in [1.807, 2.05) is 0 Å². The van der Waals surface area contributed by atoms with Crippen LogP contribution in [0.3, 0.4) is 0 Å². The standard InChI is InChI=1S/C10H6Br2O3/c1-14-5-2-3-6-7(4-5)8(9(11)12)15-10(6)13/h2-4H,1H3. The fourth-order valence-electron chi connectivity index (χ4n) is 1.36. The Morgan fingerprint density at radius 1 is 1.33 bits per heavy atom. The van der Waals surface area contributed by atoms with Crippen LogP contribution in [0.15, 0.2) is 21.6 Å². The molecule has 0 unspecified atom stereocenters. The molecule has 0 aliphatic carbocycles. The van der Waals surface area contributed by atoms with Gasteiger partial charge in [0.25, 0.3) is 0 Å². The molecule has 0 saturated heterocycles. The summed E-state index contributed by atoms with van der Waals surface area (Å²) in [7, 11) is 1.58. The molecule has 0 saturated carbocycles. The Morgan fingerprint density at radius 3 is 2.67 bits per heavy atom. The van der Waals surface area contributed by atoms with Gasteiger partial charge in [-0.2, -0.15) is 0 Å². The highest BCUT2D eigenvalue weighted by atomic mass is 79.9. The fourth-order valence-corrected chi connectivity index (χ4v) is 1.95. The number of ether oxygens (including phenoxy) is 2. The second-order valence-electron chi connectivity index (χ2n) is 2.89. The highest BCUT2D eigenvalue weighted by molar-refractivity contribution is 9.28. The zero-order valence-corrected chi connectivity index (χ0v) is 10.9. The Bertz CT molecular complexity index is 462. The fraction of sp³-hybridized carbons (Fsp3) is 0.100. The number of cyclic esters (lactones) is 1. The van der Waals surface area contributed by atoms with Gasteiger partial charge in [0.1, 0.15) is 9.14 Å². The maximum atomic E-state index is 11.4. The number of methoxy groups -OCH3 is 1. The minimum Gasteiger partial charge on any atom is -0.497 e. The van der Waals surface area contributed by atoms with E-state index < -0.39 is 0 Å². The zero-order valence-electron chi connectivity index (χ0n) is 7.71. The van der Waals surface area contributed by atoms with Crippen molar-refractivity contribution in [3.05, 3.63) is 32.7 Å². The SMILES string of the molecule is COc1ccc2c(c1)C(=C(Br)Br)OC2=O. The number of fused-ring (bicyclic) bond motifs is 1. The van der Waals surface area contributed by atoms with E-state index in [1.54, 1.807) is 25.3 Å². The largest absolute Gasteiger partial charge is 0.497 e. The number of carbonyl (C=O) groups excluding carboxylic acids is 1. The van der Waals surface area contributed by atoms with Crippen LogP contribution in [0.1, 0.15) is 15.9 Å². The molecule has 1 aromatic carbocycles. The summed E-state index contributed by atoms with van der Waals surface area (Å²) in [6.07, 6.45) is 0. The Morgan fingerprint density at radius 2 is 2.07 bits per heavy atom. The van der Waals surface area contributed by atoms with Crippen LogP contribution in [0.25, 0.3) is 5.76 Å². The van der Waals surface area contributed by atoms with Crippen molar-refractivity contribution in [2.45, 2.75) is 0 Å². The van der Waals surface area contributed by atoms with E-state index in [0.717, 1.165) is 5.56 Å². The molecule has 1 aliphatic heterocycles. The van der Waals surface area contributed by atoms with Crippen molar-refractivity contribution in [1.29, 1.82) is 0 Å². The summed E-state index contributed by atoms with van der Waals surface area (Å²) in [6.45, 7) is 0. The van der Waals surface area contributed by atoms with Gasteiger partial charge in [-0.25, -0.2) is 4.79 Å². The first-order valence-electron chi connectivity index (χ1n) is 4.09. The van der Waals surface area contributed by atoms with Crippen LogP contribution in [0.5, 0.6) is 5.75 Å². The molecule has 1 aliphatic rings. The van der Waals surface area contributed by atoms with Crippen molar-refractivity contribution in [2.75, 3.05) is 7.11 Å². The van der Waals surface area contributed by atoms with Crippen LogP contribution in [0, 0.1) is 0 Å². The molecular weight excluding hydrogens is 328 g/mol. The van der Waals surface area contributed by atoms with Crippen molar-refractivity contribution < 1.29 is 14.3 Å². The molecule has 0 atom stereocenters. The van der Waals surface area contributed by atoms with E-state index >= 15 is 0 Å². The molecule has 0 bridgehead atoms. The molecule has 78 valence electrons. The van der Waals surface area contributed by atoms with Gasteiger partial charge in [0.2, 0.25) is 0 Å². The van der Waals surface area contributed by atoms with Gasteiger partial charge in [-0.1, -0.05) is 0 Å². The van der Waals surface area contributed by atoms with E-state index in [-0.39, 0.29) is 5.97 Å². The van der Waals surface area contributed by atoms with Crippen molar-refractivity contribution in [3.8, 4) is 5.75 Å². The van der Waals surface area contributed by atoms with Gasteiger partial charge >= 0.3 is 5.97 Å². The first kappa shape index (κ1) is 10.7. The molecule has 0 spiro atoms. The number of carbonyl (C=O) groups is 1. The summed E-state index contributed by atoms with van der Waals surface area (Å²) in [6, 6.07) is 5.18. The Balaban J connectivity index is 2.63. The van der Waals surface area contributed by atoms with Crippen molar-refractivity contribution in [2.24, 2.45) is 0 Å². The maximum absolute atomic E-state index is 11.4. The molecule has 1 heterocycles. The summed E-state index contributed by atoms with van der Waals surface area (Å²) in [5, 5.41) is 0. The third-order valence-electron chi connectivity index (χ3n) is 2.06. The van der Waals surface area contributed by atoms with Crippen LogP contribution in [0.2, 0.25) is 0 Å². The van der Waals surface area contributed by atoms with Crippen molar-refractivity contribution in [3.63, 3.8) is 0 Å². The van der Waals surface area contributed by atoms with Crippen molar-refractivity contribution in [1.82, 2.24) is 0 Å². The molecule has 2 rings (SSSR count). The quantitative estimate of drug-likeness (QED) is 0.740. The van der Waals surface area contributed by atoms with Crippen LogP contribution < -0.4 is 4.74 Å². The summed E-state index contributed by atoms with van der Waals surface area (Å²) in [5.41, 5.74) is 1.27. The van der Waals surface area contributed by atoms with Gasteiger partial charge in [0.05, 0.1) is 12.7 Å². The zero-order chi connectivity index (χ0) is 11.0. The molecule has 0 N–H and O–H groups in total. The second kappa shape index (κ2) is 3.98. The summed E-state index contributed by atoms with van der Waals surface area (Å²) in [4.78, 5) is 11.4. The topological polar surface area (TPSA) is 35.5 Å². The lowest BCUT2D eigenvalue weighted by Gasteiger charge is -2.01. The molecule has 0 amide bonds. The molecule has 3 nitrogen and oxygen atoms in total. The third kappa shape index (κ3) is 1.81. The van der Waals surface area contributed by atoms with Crippen LogP contribution >= 0.6 is 31.9 Å². The smallest absolute Gasteiger partial charge is 0.344 e. The average molecular weight is 334 g/mol. The van der Waals surface area contributed by atoms with Crippen LogP contribution in [-0.2, 0) is 4.74 Å². The number of hydrogen-bond acceptors (Lipinski definition) is 3. The number of esters is 1. The highest BCUT2D eigenvalue weighted by Crippen LogP contribution is 2.38. The van der Waals surface area contributed by atoms with E-state index in [0.29, 0.717) is 20.5 Å². The maximum Gasteiger partial charge on any atom is 0.344 e. The molecular formula is C10H6Br2O3. The molecule has 0 fully saturated rings. The molecule has 15 heavy (non-hydrogen) atoms. The number of rotatable bonds is 1. The summed E-state index contributed by atoms with van der Waals surface area (Å²) < 4.78 is 10.8. The predicted molar refractivity (Wildman–Crippen MR) is 63.2 cm³/mol. The first-order chi connectivity index (χ1) is 7.13. The molecule has 5 heteroatoms. The minimum absolute atomic E-state index is 0.348. The van der Waals surface area contributed by atoms with Crippen LogP contribution in [0.4, 0.5) is 0 Å². The number of halogens is 2. The normalized spacial score (nSPS) is 13.5. The Labute approximate surface area is 103 Å². The monoisotopic (exact) mass is 332 g/mol.